The van der Waals surface area contributed by atoms with Crippen LogP contribution in [0.5, 0.6) is 0 Å². The van der Waals surface area contributed by atoms with E-state index >= 15 is 0 Å². The van der Waals surface area contributed by atoms with Crippen molar-refractivity contribution >= 4 is 23.6 Å². The normalized spacial score (nSPS) is 20.3. The molecule has 0 aromatic heterocycles. The smallest absolute Gasteiger partial charge is 0.308 e. The molecule has 0 saturated heterocycles. The molecule has 1 fully saturated rings. The Bertz CT molecular complexity index is 580. The number of hydrogen-bond acceptors (Lipinski definition) is 4. The maximum atomic E-state index is 11.9. The van der Waals surface area contributed by atoms with Gasteiger partial charge in [-0.25, -0.2) is 0 Å². The molecule has 5 nitrogen and oxygen atoms in total. The number of rotatable bonds is 6. The lowest BCUT2D eigenvalue weighted by Crippen LogP contribution is -2.41. The molecule has 0 radical (unpaired) electrons. The van der Waals surface area contributed by atoms with Crippen molar-refractivity contribution in [3.8, 4) is 6.07 Å². The van der Waals surface area contributed by atoms with E-state index in [4.69, 9.17) is 10.4 Å². The number of benzene rings is 1. The van der Waals surface area contributed by atoms with Crippen LogP contribution in [-0.4, -0.2) is 28.8 Å². The molecule has 0 unspecified atom stereocenters. The Kier molecular flexibility index (Phi) is 5.84. The van der Waals surface area contributed by atoms with Crippen LogP contribution in [0.4, 0.5) is 0 Å². The van der Waals surface area contributed by atoms with Crippen LogP contribution in [0.1, 0.15) is 30.4 Å². The molecule has 2 rings (SSSR count). The van der Waals surface area contributed by atoms with Gasteiger partial charge in [0.05, 0.1) is 23.3 Å². The first-order valence-corrected chi connectivity index (χ1v) is 8.34. The zero-order valence-corrected chi connectivity index (χ0v) is 12.9. The van der Waals surface area contributed by atoms with Gasteiger partial charge in [0.15, 0.2) is 0 Å². The summed E-state index contributed by atoms with van der Waals surface area (Å²) in [7, 11) is 0. The van der Waals surface area contributed by atoms with Gasteiger partial charge in [-0.3, -0.25) is 9.59 Å². The molecule has 1 aliphatic carbocycles. The van der Waals surface area contributed by atoms with Crippen molar-refractivity contribution < 1.29 is 14.7 Å². The van der Waals surface area contributed by atoms with E-state index < -0.39 is 11.9 Å². The van der Waals surface area contributed by atoms with Gasteiger partial charge < -0.3 is 10.4 Å². The van der Waals surface area contributed by atoms with Crippen LogP contribution in [0.15, 0.2) is 24.3 Å². The van der Waals surface area contributed by atoms with Crippen LogP contribution in [0.25, 0.3) is 0 Å². The lowest BCUT2D eigenvalue weighted by atomic mass is 10.0. The van der Waals surface area contributed by atoms with Crippen LogP contribution in [0.2, 0.25) is 0 Å². The molecule has 2 atom stereocenters. The first kappa shape index (κ1) is 16.4. The third kappa shape index (κ3) is 4.50. The molecule has 6 heteroatoms. The predicted molar refractivity (Wildman–Crippen MR) is 84.2 cm³/mol. The van der Waals surface area contributed by atoms with Crippen molar-refractivity contribution in [2.45, 2.75) is 31.1 Å². The Labute approximate surface area is 133 Å². The summed E-state index contributed by atoms with van der Waals surface area (Å²) in [5.74, 6) is -0.396. The number of nitriles is 1. The third-order valence-electron chi connectivity index (χ3n) is 3.76. The molecule has 0 bridgehead atoms. The van der Waals surface area contributed by atoms with Crippen molar-refractivity contribution in [1.29, 1.82) is 5.26 Å². The number of carbonyl (C=O) groups is 2. The second-order valence-corrected chi connectivity index (χ2v) is 6.34. The standard InChI is InChI=1S/C16H18N2O3S/c17-8-11-4-6-12(7-5-11)9-22-10-15(19)18-14-3-1-2-13(14)16(20)21/h4-7,13-14H,1-3,9-10H2,(H,18,19)(H,20,21)/t13-,14+/m1/s1. The van der Waals surface area contributed by atoms with Crippen molar-refractivity contribution in [2.24, 2.45) is 5.92 Å². The average molecular weight is 318 g/mol. The van der Waals surface area contributed by atoms with Gasteiger partial charge in [0.1, 0.15) is 0 Å². The van der Waals surface area contributed by atoms with Gasteiger partial charge in [-0.05, 0) is 30.5 Å². The van der Waals surface area contributed by atoms with Crippen LogP contribution < -0.4 is 5.32 Å². The molecular formula is C16H18N2O3S. The number of nitrogens with zero attached hydrogens (tertiary/aromatic N) is 1. The van der Waals surface area contributed by atoms with E-state index in [1.807, 2.05) is 12.1 Å². The predicted octanol–water partition coefficient (Wildman–Crippen LogP) is 2.16. The monoisotopic (exact) mass is 318 g/mol. The molecule has 1 aliphatic rings. The molecule has 0 heterocycles. The first-order valence-electron chi connectivity index (χ1n) is 7.19. The summed E-state index contributed by atoms with van der Waals surface area (Å²) in [4.78, 5) is 23.0. The minimum absolute atomic E-state index is 0.114. The maximum absolute atomic E-state index is 11.9. The lowest BCUT2D eigenvalue weighted by molar-refractivity contribution is -0.142. The molecule has 22 heavy (non-hydrogen) atoms. The van der Waals surface area contributed by atoms with Crippen molar-refractivity contribution in [3.05, 3.63) is 35.4 Å². The van der Waals surface area contributed by atoms with Crippen LogP contribution in [-0.2, 0) is 15.3 Å². The van der Waals surface area contributed by atoms with Crippen LogP contribution in [0, 0.1) is 17.2 Å². The second kappa shape index (κ2) is 7.85. The molecule has 0 aliphatic heterocycles. The highest BCUT2D eigenvalue weighted by molar-refractivity contribution is 7.99. The van der Waals surface area contributed by atoms with Crippen molar-refractivity contribution in [1.82, 2.24) is 5.32 Å². The van der Waals surface area contributed by atoms with E-state index in [1.165, 1.54) is 11.8 Å². The number of aliphatic carboxylic acids is 1. The summed E-state index contributed by atoms with van der Waals surface area (Å²) in [5.41, 5.74) is 1.67. The number of nitrogens with one attached hydrogen (secondary N) is 1. The van der Waals surface area contributed by atoms with Crippen molar-refractivity contribution in [3.63, 3.8) is 0 Å². The minimum Gasteiger partial charge on any atom is -0.481 e. The summed E-state index contributed by atoms with van der Waals surface area (Å²) >= 11 is 1.48. The highest BCUT2D eigenvalue weighted by atomic mass is 32.2. The van der Waals surface area contributed by atoms with Gasteiger partial charge in [0.2, 0.25) is 5.91 Å². The Morgan fingerprint density at radius 3 is 2.68 bits per heavy atom. The minimum atomic E-state index is -0.826. The van der Waals surface area contributed by atoms with E-state index in [-0.39, 0.29) is 11.9 Å². The first-order chi connectivity index (χ1) is 10.6. The van der Waals surface area contributed by atoms with E-state index in [2.05, 4.69) is 11.4 Å². The largest absolute Gasteiger partial charge is 0.481 e. The van der Waals surface area contributed by atoms with Gasteiger partial charge in [-0.15, -0.1) is 11.8 Å². The Balaban J connectivity index is 1.73. The SMILES string of the molecule is N#Cc1ccc(CSCC(=O)N[C@H]2CCC[C@H]2C(=O)O)cc1. The molecular weight excluding hydrogens is 300 g/mol. The quantitative estimate of drug-likeness (QED) is 0.839. The van der Waals surface area contributed by atoms with E-state index in [0.29, 0.717) is 23.5 Å². The highest BCUT2D eigenvalue weighted by Crippen LogP contribution is 2.26. The zero-order chi connectivity index (χ0) is 15.9. The van der Waals surface area contributed by atoms with Gasteiger partial charge in [-0.1, -0.05) is 18.6 Å². The number of carboxylic acid groups (broad SMARTS) is 1. The fraction of sp³-hybridized carbons (Fsp3) is 0.438. The topological polar surface area (TPSA) is 90.2 Å². The molecule has 0 spiro atoms. The molecule has 1 aromatic rings. The van der Waals surface area contributed by atoms with Gasteiger partial charge >= 0.3 is 5.97 Å². The summed E-state index contributed by atoms with van der Waals surface area (Å²) in [6.45, 7) is 0. The van der Waals surface area contributed by atoms with E-state index in [1.54, 1.807) is 12.1 Å². The number of hydrogen-bond donors (Lipinski definition) is 2. The van der Waals surface area contributed by atoms with E-state index in [0.717, 1.165) is 18.4 Å². The molecule has 1 aromatic carbocycles. The lowest BCUT2D eigenvalue weighted by Gasteiger charge is -2.17. The summed E-state index contributed by atoms with van der Waals surface area (Å²) in [5, 5.41) is 20.6. The fourth-order valence-corrected chi connectivity index (χ4v) is 3.41. The number of carboxylic acids is 1. The van der Waals surface area contributed by atoms with Crippen LogP contribution in [0.3, 0.4) is 0 Å². The number of carbonyl (C=O) groups excluding carboxylic acids is 1. The summed E-state index contributed by atoms with van der Waals surface area (Å²) in [6, 6.07) is 9.09. The fourth-order valence-electron chi connectivity index (χ4n) is 2.61. The number of thioether (sulfide) groups is 1. The van der Waals surface area contributed by atoms with Gasteiger partial charge in [0.25, 0.3) is 0 Å². The third-order valence-corrected chi connectivity index (χ3v) is 4.77. The Hall–Kier alpha value is -2.00. The Morgan fingerprint density at radius 2 is 2.05 bits per heavy atom. The molecule has 1 saturated carbocycles. The highest BCUT2D eigenvalue weighted by Gasteiger charge is 2.33. The zero-order valence-electron chi connectivity index (χ0n) is 12.1. The second-order valence-electron chi connectivity index (χ2n) is 5.35. The molecule has 116 valence electrons. The van der Waals surface area contributed by atoms with Gasteiger partial charge in [0, 0.05) is 11.8 Å². The average Bonchev–Trinajstić information content (AvgIpc) is 2.96. The van der Waals surface area contributed by atoms with Gasteiger partial charge in [-0.2, -0.15) is 5.26 Å². The molecule has 2 N–H and O–H groups in total. The van der Waals surface area contributed by atoms with Crippen molar-refractivity contribution in [2.75, 3.05) is 5.75 Å². The summed E-state index contributed by atoms with van der Waals surface area (Å²) in [6.07, 6.45) is 2.22. The Morgan fingerprint density at radius 1 is 1.32 bits per heavy atom. The van der Waals surface area contributed by atoms with E-state index in [9.17, 15) is 9.59 Å². The van der Waals surface area contributed by atoms with Crippen LogP contribution >= 0.6 is 11.8 Å². The molecule has 1 amide bonds. The maximum Gasteiger partial charge on any atom is 0.308 e. The summed E-state index contributed by atoms with van der Waals surface area (Å²) < 4.78 is 0. The number of amides is 1.